The monoisotopic (exact) mass is 340 g/mol. The van der Waals surface area contributed by atoms with Crippen LogP contribution in [0, 0.1) is 0 Å². The number of nitrogens with zero attached hydrogens (tertiary/aromatic N) is 2. The van der Waals surface area contributed by atoms with Crippen molar-refractivity contribution in [2.45, 2.75) is 32.6 Å². The fraction of sp³-hybridized carbons (Fsp3) is 0.208. The van der Waals surface area contributed by atoms with Crippen LogP contribution in [0.1, 0.15) is 32.8 Å². The summed E-state index contributed by atoms with van der Waals surface area (Å²) in [5.74, 6) is 1.01. The van der Waals surface area contributed by atoms with Crippen LogP contribution in [-0.2, 0) is 5.41 Å². The third-order valence-electron chi connectivity index (χ3n) is 5.36. The lowest BCUT2D eigenvalue weighted by molar-refractivity contribution is 0.507. The van der Waals surface area contributed by atoms with Crippen molar-refractivity contribution in [3.63, 3.8) is 0 Å². The van der Waals surface area contributed by atoms with E-state index in [2.05, 4.69) is 104 Å². The molecule has 3 aromatic carbocycles. The minimum Gasteiger partial charge on any atom is -0.292 e. The molecule has 4 aromatic rings. The minimum atomic E-state index is 0.0935. The van der Waals surface area contributed by atoms with E-state index in [9.17, 15) is 0 Å². The molecule has 4 rings (SSSR count). The first-order chi connectivity index (χ1) is 12.6. The summed E-state index contributed by atoms with van der Waals surface area (Å²) in [7, 11) is 0. The number of aromatic nitrogens is 2. The maximum Gasteiger partial charge on any atom is 0.146 e. The van der Waals surface area contributed by atoms with Gasteiger partial charge in [0.2, 0.25) is 0 Å². The van der Waals surface area contributed by atoms with Crippen LogP contribution in [0.15, 0.2) is 78.9 Å². The predicted octanol–water partition coefficient (Wildman–Crippen LogP) is 6.38. The van der Waals surface area contributed by atoms with Crippen molar-refractivity contribution < 1.29 is 0 Å². The zero-order chi connectivity index (χ0) is 18.1. The van der Waals surface area contributed by atoms with E-state index in [1.54, 1.807) is 0 Å². The average molecular weight is 340 g/mol. The first kappa shape index (κ1) is 16.6. The minimum absolute atomic E-state index is 0.0935. The van der Waals surface area contributed by atoms with E-state index in [0.717, 1.165) is 29.0 Å². The lowest BCUT2D eigenvalue weighted by Gasteiger charge is -2.26. The number of imidazole rings is 1. The summed E-state index contributed by atoms with van der Waals surface area (Å²) in [5.41, 5.74) is 5.94. The quantitative estimate of drug-likeness (QED) is 0.421. The molecule has 0 bridgehead atoms. The Morgan fingerprint density at radius 2 is 1.46 bits per heavy atom. The number of hydrogen-bond acceptors (Lipinski definition) is 1. The Hall–Kier alpha value is -2.87. The molecule has 0 saturated carbocycles. The van der Waals surface area contributed by atoms with Gasteiger partial charge in [0.15, 0.2) is 0 Å². The Morgan fingerprint density at radius 3 is 2.23 bits per heavy atom. The topological polar surface area (TPSA) is 17.8 Å². The Kier molecular flexibility index (Phi) is 4.12. The summed E-state index contributed by atoms with van der Waals surface area (Å²) in [4.78, 5) is 5.03. The molecule has 0 radical (unpaired) electrons. The number of rotatable bonds is 4. The Labute approximate surface area is 155 Å². The van der Waals surface area contributed by atoms with Gasteiger partial charge in [0, 0.05) is 11.3 Å². The van der Waals surface area contributed by atoms with Gasteiger partial charge < -0.3 is 0 Å². The van der Waals surface area contributed by atoms with Crippen molar-refractivity contribution in [3.05, 3.63) is 84.4 Å². The van der Waals surface area contributed by atoms with E-state index >= 15 is 0 Å². The molecule has 0 aliphatic heterocycles. The number of fused-ring (bicyclic) bond motifs is 1. The third-order valence-corrected chi connectivity index (χ3v) is 5.36. The van der Waals surface area contributed by atoms with Crippen molar-refractivity contribution in [1.29, 1.82) is 0 Å². The van der Waals surface area contributed by atoms with Gasteiger partial charge in [-0.05, 0) is 41.7 Å². The average Bonchev–Trinajstić information content (AvgIpc) is 3.08. The fourth-order valence-corrected chi connectivity index (χ4v) is 3.50. The first-order valence-corrected chi connectivity index (χ1v) is 9.24. The smallest absolute Gasteiger partial charge is 0.146 e. The molecular formula is C24H24N2. The molecule has 2 nitrogen and oxygen atoms in total. The second-order valence-electron chi connectivity index (χ2n) is 7.38. The molecule has 1 aromatic heterocycles. The van der Waals surface area contributed by atoms with Gasteiger partial charge in [-0.3, -0.25) is 4.57 Å². The normalized spacial score (nSPS) is 11.8. The van der Waals surface area contributed by atoms with Gasteiger partial charge in [-0.25, -0.2) is 4.98 Å². The predicted molar refractivity (Wildman–Crippen MR) is 110 cm³/mol. The molecule has 26 heavy (non-hydrogen) atoms. The zero-order valence-electron chi connectivity index (χ0n) is 15.6. The first-order valence-electron chi connectivity index (χ1n) is 9.24. The zero-order valence-corrected chi connectivity index (χ0v) is 15.6. The van der Waals surface area contributed by atoms with Crippen LogP contribution in [-0.4, -0.2) is 9.55 Å². The molecule has 0 spiro atoms. The van der Waals surface area contributed by atoms with E-state index in [-0.39, 0.29) is 5.41 Å². The number of hydrogen-bond donors (Lipinski definition) is 0. The largest absolute Gasteiger partial charge is 0.292 e. The maximum atomic E-state index is 5.03. The molecule has 0 aliphatic rings. The van der Waals surface area contributed by atoms with Crippen LogP contribution in [0.2, 0.25) is 0 Å². The fourth-order valence-electron chi connectivity index (χ4n) is 3.50. The molecule has 1 heterocycles. The van der Waals surface area contributed by atoms with Gasteiger partial charge in [-0.15, -0.1) is 0 Å². The van der Waals surface area contributed by atoms with Crippen molar-refractivity contribution in [3.8, 4) is 17.1 Å². The van der Waals surface area contributed by atoms with Crippen molar-refractivity contribution in [2.24, 2.45) is 0 Å². The Balaban J connectivity index is 2.06. The van der Waals surface area contributed by atoms with Crippen LogP contribution in [0.3, 0.4) is 0 Å². The van der Waals surface area contributed by atoms with Gasteiger partial charge in [0.25, 0.3) is 0 Å². The molecule has 0 atom stereocenters. The summed E-state index contributed by atoms with van der Waals surface area (Å²) in [6.45, 7) is 6.86. The summed E-state index contributed by atoms with van der Waals surface area (Å²) >= 11 is 0. The van der Waals surface area contributed by atoms with Crippen LogP contribution < -0.4 is 0 Å². The molecule has 130 valence electrons. The van der Waals surface area contributed by atoms with Crippen LogP contribution >= 0.6 is 0 Å². The summed E-state index contributed by atoms with van der Waals surface area (Å²) in [6, 6.07) is 27.5. The van der Waals surface area contributed by atoms with E-state index in [0.29, 0.717) is 0 Å². The molecule has 0 N–H and O–H groups in total. The van der Waals surface area contributed by atoms with Gasteiger partial charge in [0.05, 0.1) is 11.0 Å². The molecule has 0 unspecified atom stereocenters. The summed E-state index contributed by atoms with van der Waals surface area (Å²) in [6.07, 6.45) is 1.08. The highest BCUT2D eigenvalue weighted by atomic mass is 15.1. The van der Waals surface area contributed by atoms with E-state index < -0.39 is 0 Å². The molecule has 0 saturated heterocycles. The third kappa shape index (κ3) is 2.72. The van der Waals surface area contributed by atoms with Gasteiger partial charge in [-0.1, -0.05) is 75.4 Å². The van der Waals surface area contributed by atoms with Crippen LogP contribution in [0.5, 0.6) is 0 Å². The van der Waals surface area contributed by atoms with Crippen LogP contribution in [0.4, 0.5) is 0 Å². The SMILES string of the molecule is CCC(C)(C)c1ccccc1-c1nc2ccccc2n1-c1ccccc1. The Bertz CT molecular complexity index is 1040. The van der Waals surface area contributed by atoms with E-state index in [4.69, 9.17) is 4.98 Å². The molecular weight excluding hydrogens is 316 g/mol. The van der Waals surface area contributed by atoms with E-state index in [1.165, 1.54) is 11.1 Å². The van der Waals surface area contributed by atoms with Crippen molar-refractivity contribution >= 4 is 11.0 Å². The van der Waals surface area contributed by atoms with Crippen molar-refractivity contribution in [2.75, 3.05) is 0 Å². The lowest BCUT2D eigenvalue weighted by atomic mass is 9.79. The highest BCUT2D eigenvalue weighted by molar-refractivity contribution is 5.84. The van der Waals surface area contributed by atoms with Gasteiger partial charge in [0.1, 0.15) is 5.82 Å². The highest BCUT2D eigenvalue weighted by Crippen LogP contribution is 2.37. The second kappa shape index (κ2) is 6.45. The van der Waals surface area contributed by atoms with Crippen molar-refractivity contribution in [1.82, 2.24) is 9.55 Å². The number of benzene rings is 3. The lowest BCUT2D eigenvalue weighted by Crippen LogP contribution is -2.17. The number of para-hydroxylation sites is 3. The standard InChI is InChI=1S/C24H24N2/c1-4-24(2,3)20-15-9-8-14-19(20)23-25-21-16-10-11-17-22(21)26(23)18-12-6-5-7-13-18/h5-17H,4H2,1-3H3. The Morgan fingerprint density at radius 1 is 0.808 bits per heavy atom. The maximum absolute atomic E-state index is 5.03. The van der Waals surface area contributed by atoms with E-state index in [1.807, 2.05) is 0 Å². The molecule has 2 heteroatoms. The van der Waals surface area contributed by atoms with Crippen LogP contribution in [0.25, 0.3) is 28.1 Å². The summed E-state index contributed by atoms with van der Waals surface area (Å²) < 4.78 is 2.28. The van der Waals surface area contributed by atoms with Gasteiger partial charge >= 0.3 is 0 Å². The molecule has 0 aliphatic carbocycles. The molecule has 0 fully saturated rings. The highest BCUT2D eigenvalue weighted by Gasteiger charge is 2.24. The second-order valence-corrected chi connectivity index (χ2v) is 7.38. The molecule has 0 amide bonds. The summed E-state index contributed by atoms with van der Waals surface area (Å²) in [5, 5.41) is 0. The van der Waals surface area contributed by atoms with Gasteiger partial charge in [-0.2, -0.15) is 0 Å².